The van der Waals surface area contributed by atoms with Crippen LogP contribution in [0.3, 0.4) is 0 Å². The first-order chi connectivity index (χ1) is 7.76. The molecule has 1 rings (SSSR count). The first-order valence-electron chi connectivity index (χ1n) is 4.82. The topological polar surface area (TPSA) is 62.0 Å². The number of hydrogen-bond donors (Lipinski definition) is 0. The highest BCUT2D eigenvalue weighted by Crippen LogP contribution is 2.16. The zero-order valence-electron chi connectivity index (χ0n) is 9.02. The van der Waals surface area contributed by atoms with Crippen LogP contribution in [0.1, 0.15) is 11.4 Å². The molecule has 0 unspecified atom stereocenters. The van der Waals surface area contributed by atoms with Crippen LogP contribution in [0, 0.1) is 11.3 Å². The minimum atomic E-state index is 0.446. The van der Waals surface area contributed by atoms with Crippen molar-refractivity contribution in [3.63, 3.8) is 0 Å². The molecule has 0 aliphatic carbocycles. The fraction of sp³-hybridized carbons (Fsp3) is 0.667. The monoisotopic (exact) mass is 260 g/mol. The lowest BCUT2D eigenvalue weighted by molar-refractivity contribution is 0.145. The second-order valence-corrected chi connectivity index (χ2v) is 4.77. The molecule has 0 saturated heterocycles. The van der Waals surface area contributed by atoms with Crippen LogP contribution in [-0.2, 0) is 11.3 Å². The third-order valence-corrected chi connectivity index (χ3v) is 2.96. The van der Waals surface area contributed by atoms with Crippen LogP contribution in [0.25, 0.3) is 0 Å². The summed E-state index contributed by atoms with van der Waals surface area (Å²) < 4.78 is 5.46. The molecule has 1 aromatic rings. The van der Waals surface area contributed by atoms with Gasteiger partial charge in [-0.3, -0.25) is 4.90 Å². The molecule has 0 amide bonds. The van der Waals surface area contributed by atoms with E-state index in [1.165, 1.54) is 11.3 Å². The van der Waals surface area contributed by atoms with Crippen molar-refractivity contribution in [1.29, 1.82) is 5.26 Å². The Hall–Kier alpha value is -0.740. The minimum absolute atomic E-state index is 0.446. The summed E-state index contributed by atoms with van der Waals surface area (Å²) in [6, 6.07) is 2.12. The van der Waals surface area contributed by atoms with Gasteiger partial charge >= 0.3 is 0 Å². The van der Waals surface area contributed by atoms with E-state index < -0.39 is 0 Å². The first kappa shape index (κ1) is 13.3. The van der Waals surface area contributed by atoms with Crippen molar-refractivity contribution in [1.82, 2.24) is 15.1 Å². The Kier molecular flexibility index (Phi) is 6.26. The van der Waals surface area contributed by atoms with Crippen molar-refractivity contribution in [2.75, 3.05) is 26.8 Å². The minimum Gasteiger partial charge on any atom is -0.383 e. The van der Waals surface area contributed by atoms with E-state index >= 15 is 0 Å². The lowest BCUT2D eigenvalue weighted by Gasteiger charge is -2.18. The van der Waals surface area contributed by atoms with Crippen molar-refractivity contribution >= 4 is 22.9 Å². The van der Waals surface area contributed by atoms with Gasteiger partial charge in [0.1, 0.15) is 5.01 Å². The maximum Gasteiger partial charge on any atom is 0.207 e. The highest BCUT2D eigenvalue weighted by atomic mass is 35.5. The maximum absolute atomic E-state index is 8.56. The number of aromatic nitrogens is 2. The number of methoxy groups -OCH3 is 1. The number of nitrogens with zero attached hydrogens (tertiary/aromatic N) is 4. The predicted octanol–water partition coefficient (Wildman–Crippen LogP) is 1.55. The van der Waals surface area contributed by atoms with Gasteiger partial charge in [0.15, 0.2) is 0 Å². The summed E-state index contributed by atoms with van der Waals surface area (Å²) in [4.78, 5) is 2.10. The smallest absolute Gasteiger partial charge is 0.207 e. The van der Waals surface area contributed by atoms with Gasteiger partial charge in [-0.15, -0.1) is 10.2 Å². The average Bonchev–Trinajstić information content (AvgIpc) is 2.68. The predicted molar refractivity (Wildman–Crippen MR) is 62.3 cm³/mol. The Bertz CT molecular complexity index is 352. The molecule has 1 aromatic heterocycles. The Morgan fingerprint density at radius 3 is 2.88 bits per heavy atom. The molecule has 16 heavy (non-hydrogen) atoms. The SMILES string of the molecule is COCCN(CCC#N)Cc1nnc(Cl)s1. The second-order valence-electron chi connectivity index (χ2n) is 3.13. The zero-order valence-corrected chi connectivity index (χ0v) is 10.6. The molecule has 7 heteroatoms. The number of nitriles is 1. The standard InChI is InChI=1S/C9H13ClN4OS/c1-15-6-5-14(4-2-3-11)7-8-12-13-9(10)16-8/h2,4-7H2,1H3. The fourth-order valence-corrected chi connectivity index (χ4v) is 2.10. The van der Waals surface area contributed by atoms with Crippen LogP contribution in [0.4, 0.5) is 0 Å². The summed E-state index contributed by atoms with van der Waals surface area (Å²) in [6.45, 7) is 2.78. The Labute approximate surface area is 104 Å². The van der Waals surface area contributed by atoms with Crippen LogP contribution in [0.15, 0.2) is 0 Å². The van der Waals surface area contributed by atoms with E-state index in [-0.39, 0.29) is 0 Å². The summed E-state index contributed by atoms with van der Waals surface area (Å²) >= 11 is 7.06. The third-order valence-electron chi connectivity index (χ3n) is 1.95. The molecule has 0 N–H and O–H groups in total. The van der Waals surface area contributed by atoms with Gasteiger partial charge in [-0.2, -0.15) is 5.26 Å². The fourth-order valence-electron chi connectivity index (χ4n) is 1.19. The van der Waals surface area contributed by atoms with Crippen molar-refractivity contribution in [3.8, 4) is 6.07 Å². The van der Waals surface area contributed by atoms with Crippen molar-refractivity contribution in [2.45, 2.75) is 13.0 Å². The van der Waals surface area contributed by atoms with Gasteiger partial charge in [0, 0.05) is 26.6 Å². The molecule has 1 heterocycles. The van der Waals surface area contributed by atoms with Gasteiger partial charge in [0.05, 0.1) is 19.2 Å². The molecular weight excluding hydrogens is 248 g/mol. The molecular formula is C9H13ClN4OS. The molecule has 0 aliphatic heterocycles. The van der Waals surface area contributed by atoms with Gasteiger partial charge < -0.3 is 4.74 Å². The van der Waals surface area contributed by atoms with E-state index in [9.17, 15) is 0 Å². The molecule has 0 fully saturated rings. The number of hydrogen-bond acceptors (Lipinski definition) is 6. The molecule has 0 radical (unpaired) electrons. The Morgan fingerprint density at radius 2 is 2.31 bits per heavy atom. The quantitative estimate of drug-likeness (QED) is 0.744. The summed E-state index contributed by atoms with van der Waals surface area (Å²) in [5, 5.41) is 17.1. The largest absolute Gasteiger partial charge is 0.383 e. The van der Waals surface area contributed by atoms with E-state index in [2.05, 4.69) is 21.2 Å². The lowest BCUT2D eigenvalue weighted by Crippen LogP contribution is -2.27. The van der Waals surface area contributed by atoms with Crippen LogP contribution in [-0.4, -0.2) is 41.9 Å². The van der Waals surface area contributed by atoms with Gasteiger partial charge in [-0.05, 0) is 11.6 Å². The number of rotatable bonds is 7. The van der Waals surface area contributed by atoms with E-state index in [1.807, 2.05) is 0 Å². The van der Waals surface area contributed by atoms with E-state index in [1.54, 1.807) is 7.11 Å². The van der Waals surface area contributed by atoms with Gasteiger partial charge in [-0.1, -0.05) is 11.3 Å². The van der Waals surface area contributed by atoms with Crippen LogP contribution < -0.4 is 0 Å². The lowest BCUT2D eigenvalue weighted by atomic mass is 10.4. The molecule has 0 aliphatic rings. The summed E-state index contributed by atoms with van der Waals surface area (Å²) in [5.74, 6) is 0. The molecule has 0 atom stereocenters. The maximum atomic E-state index is 8.56. The summed E-state index contributed by atoms with van der Waals surface area (Å²) in [6.07, 6.45) is 0.496. The number of halogens is 1. The van der Waals surface area contributed by atoms with Crippen molar-refractivity contribution in [3.05, 3.63) is 9.47 Å². The Balaban J connectivity index is 2.45. The molecule has 88 valence electrons. The second kappa shape index (κ2) is 7.52. The molecule has 5 nitrogen and oxygen atoms in total. The number of ether oxygens (including phenoxy) is 1. The Morgan fingerprint density at radius 1 is 1.50 bits per heavy atom. The van der Waals surface area contributed by atoms with Crippen molar-refractivity contribution < 1.29 is 4.74 Å². The molecule has 0 aromatic carbocycles. The first-order valence-corrected chi connectivity index (χ1v) is 6.02. The average molecular weight is 261 g/mol. The van der Waals surface area contributed by atoms with Crippen LogP contribution in [0.2, 0.25) is 4.47 Å². The zero-order chi connectivity index (χ0) is 11.8. The van der Waals surface area contributed by atoms with E-state index in [4.69, 9.17) is 21.6 Å². The third kappa shape index (κ3) is 4.86. The molecule has 0 bridgehead atoms. The van der Waals surface area contributed by atoms with Crippen LogP contribution >= 0.6 is 22.9 Å². The van der Waals surface area contributed by atoms with Gasteiger partial charge in [0.2, 0.25) is 4.47 Å². The highest BCUT2D eigenvalue weighted by molar-refractivity contribution is 7.15. The van der Waals surface area contributed by atoms with E-state index in [0.29, 0.717) is 30.6 Å². The normalized spacial score (nSPS) is 10.6. The highest BCUT2D eigenvalue weighted by Gasteiger charge is 2.09. The van der Waals surface area contributed by atoms with Crippen molar-refractivity contribution in [2.24, 2.45) is 0 Å². The van der Waals surface area contributed by atoms with Gasteiger partial charge in [-0.25, -0.2) is 0 Å². The summed E-state index contributed by atoms with van der Waals surface area (Å²) in [5.41, 5.74) is 0. The van der Waals surface area contributed by atoms with Gasteiger partial charge in [0.25, 0.3) is 0 Å². The van der Waals surface area contributed by atoms with E-state index in [0.717, 1.165) is 11.6 Å². The summed E-state index contributed by atoms with van der Waals surface area (Å²) in [7, 11) is 1.66. The molecule has 0 spiro atoms. The van der Waals surface area contributed by atoms with Crippen LogP contribution in [0.5, 0.6) is 0 Å². The molecule has 0 saturated carbocycles.